The summed E-state index contributed by atoms with van der Waals surface area (Å²) in [6.45, 7) is 2.61. The summed E-state index contributed by atoms with van der Waals surface area (Å²) >= 11 is 1.43. The van der Waals surface area contributed by atoms with Gasteiger partial charge in [-0.15, -0.1) is 0 Å². The van der Waals surface area contributed by atoms with E-state index < -0.39 is 0 Å². The van der Waals surface area contributed by atoms with Crippen LogP contribution in [0.15, 0.2) is 66.0 Å². The van der Waals surface area contributed by atoms with Gasteiger partial charge >= 0.3 is 0 Å². The number of nitrogens with zero attached hydrogens (tertiary/aromatic N) is 3. The van der Waals surface area contributed by atoms with Crippen molar-refractivity contribution in [2.75, 3.05) is 12.4 Å². The Labute approximate surface area is 145 Å². The molecule has 24 heavy (non-hydrogen) atoms. The Bertz CT molecular complexity index is 835. The van der Waals surface area contributed by atoms with E-state index in [0.29, 0.717) is 12.4 Å². The summed E-state index contributed by atoms with van der Waals surface area (Å²) in [5, 5.41) is 9.69. The Hall–Kier alpha value is -2.71. The van der Waals surface area contributed by atoms with Crippen LogP contribution in [0.5, 0.6) is 5.75 Å². The van der Waals surface area contributed by atoms with Crippen LogP contribution in [0, 0.1) is 11.3 Å². The molecular formula is C19H17N3OS. The standard InChI is InChI=1S/C19H17N3OS/c1-2-23-17-10-8-16(9-11-17)22-18(15-6-4-3-5-7-15)14-21-19(22)24-13-12-20/h3-11,14H,2,13H2,1H3. The third kappa shape index (κ3) is 3.44. The summed E-state index contributed by atoms with van der Waals surface area (Å²) in [6.07, 6.45) is 1.85. The van der Waals surface area contributed by atoms with Crippen molar-refractivity contribution >= 4 is 11.8 Å². The molecule has 3 aromatic rings. The summed E-state index contributed by atoms with van der Waals surface area (Å²) < 4.78 is 7.59. The van der Waals surface area contributed by atoms with E-state index in [2.05, 4.69) is 27.8 Å². The second-order valence-corrected chi connectivity index (χ2v) is 5.94. The molecule has 0 atom stereocenters. The van der Waals surface area contributed by atoms with E-state index in [1.165, 1.54) is 11.8 Å². The van der Waals surface area contributed by atoms with Crippen LogP contribution in [0.2, 0.25) is 0 Å². The van der Waals surface area contributed by atoms with Crippen molar-refractivity contribution in [3.05, 3.63) is 60.8 Å². The second-order valence-electron chi connectivity index (χ2n) is 5.00. The molecule has 0 aliphatic heterocycles. The fourth-order valence-corrected chi connectivity index (χ4v) is 3.11. The zero-order chi connectivity index (χ0) is 16.8. The lowest BCUT2D eigenvalue weighted by Gasteiger charge is -2.12. The molecule has 0 N–H and O–H groups in total. The molecule has 0 amide bonds. The number of thioether (sulfide) groups is 1. The molecule has 120 valence electrons. The van der Waals surface area contributed by atoms with Crippen LogP contribution in [-0.4, -0.2) is 21.9 Å². The first-order chi connectivity index (χ1) is 11.8. The minimum absolute atomic E-state index is 0.363. The smallest absolute Gasteiger partial charge is 0.174 e. The van der Waals surface area contributed by atoms with Crippen molar-refractivity contribution in [3.8, 4) is 28.8 Å². The molecule has 0 bridgehead atoms. The first kappa shape index (κ1) is 16.2. The highest BCUT2D eigenvalue weighted by molar-refractivity contribution is 7.99. The molecule has 5 heteroatoms. The van der Waals surface area contributed by atoms with Gasteiger partial charge in [-0.3, -0.25) is 4.57 Å². The normalized spacial score (nSPS) is 10.3. The van der Waals surface area contributed by atoms with Crippen LogP contribution in [-0.2, 0) is 0 Å². The van der Waals surface area contributed by atoms with Crippen LogP contribution in [0.1, 0.15) is 6.92 Å². The van der Waals surface area contributed by atoms with Crippen molar-refractivity contribution < 1.29 is 4.74 Å². The highest BCUT2D eigenvalue weighted by Crippen LogP contribution is 2.30. The molecule has 0 aliphatic rings. The highest BCUT2D eigenvalue weighted by Gasteiger charge is 2.14. The van der Waals surface area contributed by atoms with E-state index in [-0.39, 0.29) is 0 Å². The van der Waals surface area contributed by atoms with Gasteiger partial charge in [0.2, 0.25) is 0 Å². The van der Waals surface area contributed by atoms with E-state index in [9.17, 15) is 0 Å². The third-order valence-electron chi connectivity index (χ3n) is 3.47. The molecule has 0 fully saturated rings. The minimum Gasteiger partial charge on any atom is -0.494 e. The average molecular weight is 335 g/mol. The van der Waals surface area contributed by atoms with Gasteiger partial charge in [-0.1, -0.05) is 42.1 Å². The molecule has 2 aromatic carbocycles. The monoisotopic (exact) mass is 335 g/mol. The lowest BCUT2D eigenvalue weighted by atomic mass is 10.1. The first-order valence-corrected chi connectivity index (χ1v) is 8.68. The van der Waals surface area contributed by atoms with Crippen molar-refractivity contribution in [2.24, 2.45) is 0 Å². The predicted octanol–water partition coefficient (Wildman–Crippen LogP) is 4.55. The van der Waals surface area contributed by atoms with Gasteiger partial charge in [0.25, 0.3) is 0 Å². The first-order valence-electron chi connectivity index (χ1n) is 7.69. The van der Waals surface area contributed by atoms with Crippen LogP contribution in [0.25, 0.3) is 16.9 Å². The molecule has 1 aromatic heterocycles. The van der Waals surface area contributed by atoms with E-state index in [4.69, 9.17) is 10.00 Å². The van der Waals surface area contributed by atoms with E-state index >= 15 is 0 Å². The Morgan fingerprint density at radius 3 is 2.54 bits per heavy atom. The number of rotatable bonds is 6. The van der Waals surface area contributed by atoms with Gasteiger partial charge in [0, 0.05) is 11.3 Å². The average Bonchev–Trinajstić information content (AvgIpc) is 3.05. The van der Waals surface area contributed by atoms with Crippen LogP contribution < -0.4 is 4.74 Å². The molecule has 1 heterocycles. The largest absolute Gasteiger partial charge is 0.494 e. The van der Waals surface area contributed by atoms with E-state index in [1.807, 2.05) is 55.6 Å². The summed E-state index contributed by atoms with van der Waals surface area (Å²) in [6, 6.07) is 20.2. The molecule has 0 spiro atoms. The van der Waals surface area contributed by atoms with Crippen molar-refractivity contribution in [2.45, 2.75) is 12.1 Å². The molecule has 4 nitrogen and oxygen atoms in total. The van der Waals surface area contributed by atoms with Crippen molar-refractivity contribution in [1.82, 2.24) is 9.55 Å². The number of benzene rings is 2. The zero-order valence-electron chi connectivity index (χ0n) is 13.3. The SMILES string of the molecule is CCOc1ccc(-n2c(-c3ccccc3)cnc2SCC#N)cc1. The predicted molar refractivity (Wildman–Crippen MR) is 96.5 cm³/mol. The Kier molecular flexibility index (Phi) is 5.19. The van der Waals surface area contributed by atoms with E-state index in [0.717, 1.165) is 27.9 Å². The Balaban J connectivity index is 2.06. The molecular weight excluding hydrogens is 318 g/mol. The van der Waals surface area contributed by atoms with Crippen LogP contribution in [0.3, 0.4) is 0 Å². The molecule has 0 radical (unpaired) electrons. The van der Waals surface area contributed by atoms with Gasteiger partial charge in [-0.05, 0) is 31.2 Å². The Morgan fingerprint density at radius 1 is 1.12 bits per heavy atom. The Morgan fingerprint density at radius 2 is 1.88 bits per heavy atom. The fraction of sp³-hybridized carbons (Fsp3) is 0.158. The summed E-state index contributed by atoms with van der Waals surface area (Å²) in [7, 11) is 0. The topological polar surface area (TPSA) is 50.8 Å². The van der Waals surface area contributed by atoms with Gasteiger partial charge in [-0.25, -0.2) is 4.98 Å². The molecule has 0 aliphatic carbocycles. The zero-order valence-corrected chi connectivity index (χ0v) is 14.2. The summed E-state index contributed by atoms with van der Waals surface area (Å²) in [5.74, 6) is 1.20. The number of aromatic nitrogens is 2. The maximum atomic E-state index is 8.88. The lowest BCUT2D eigenvalue weighted by Crippen LogP contribution is -2.00. The maximum Gasteiger partial charge on any atom is 0.174 e. The minimum atomic E-state index is 0.363. The quantitative estimate of drug-likeness (QED) is 0.620. The summed E-state index contributed by atoms with van der Waals surface area (Å²) in [4.78, 5) is 4.51. The van der Waals surface area contributed by atoms with Crippen LogP contribution in [0.4, 0.5) is 0 Å². The van der Waals surface area contributed by atoms with Gasteiger partial charge in [0.15, 0.2) is 5.16 Å². The lowest BCUT2D eigenvalue weighted by molar-refractivity contribution is 0.340. The second kappa shape index (κ2) is 7.71. The number of hydrogen-bond donors (Lipinski definition) is 0. The van der Waals surface area contributed by atoms with Crippen molar-refractivity contribution in [3.63, 3.8) is 0 Å². The number of nitriles is 1. The molecule has 0 unspecified atom stereocenters. The van der Waals surface area contributed by atoms with Crippen LogP contribution >= 0.6 is 11.8 Å². The molecule has 0 saturated heterocycles. The van der Waals surface area contributed by atoms with Gasteiger partial charge in [0.05, 0.1) is 30.3 Å². The number of imidazole rings is 1. The van der Waals surface area contributed by atoms with Gasteiger partial charge in [-0.2, -0.15) is 5.26 Å². The molecule has 0 saturated carbocycles. The van der Waals surface area contributed by atoms with Gasteiger partial charge in [0.1, 0.15) is 5.75 Å². The molecule has 3 rings (SSSR count). The summed E-state index contributed by atoms with van der Waals surface area (Å²) in [5.41, 5.74) is 3.08. The van der Waals surface area contributed by atoms with E-state index in [1.54, 1.807) is 0 Å². The fourth-order valence-electron chi connectivity index (χ4n) is 2.45. The van der Waals surface area contributed by atoms with Crippen molar-refractivity contribution in [1.29, 1.82) is 5.26 Å². The highest BCUT2D eigenvalue weighted by atomic mass is 32.2. The number of hydrogen-bond acceptors (Lipinski definition) is 4. The van der Waals surface area contributed by atoms with Gasteiger partial charge < -0.3 is 4.74 Å². The number of ether oxygens (including phenoxy) is 1. The third-order valence-corrected chi connectivity index (χ3v) is 4.29. The maximum absolute atomic E-state index is 8.88.